The first-order valence-corrected chi connectivity index (χ1v) is 9.05. The fourth-order valence-corrected chi connectivity index (χ4v) is 4.42. The van der Waals surface area contributed by atoms with Crippen molar-refractivity contribution in [1.82, 2.24) is 14.5 Å². The van der Waals surface area contributed by atoms with Crippen molar-refractivity contribution in [3.8, 4) is 11.5 Å². The smallest absolute Gasteiger partial charge is 0.231 e. The summed E-state index contributed by atoms with van der Waals surface area (Å²) >= 11 is 0. The number of rotatable bonds is 3. The largest absolute Gasteiger partial charge is 0.454 e. The van der Waals surface area contributed by atoms with Gasteiger partial charge in [-0.15, -0.1) is 0 Å². The Labute approximate surface area is 159 Å². The van der Waals surface area contributed by atoms with Gasteiger partial charge in [0, 0.05) is 19.0 Å². The molecular formula is C19H18N4O5. The van der Waals surface area contributed by atoms with Crippen molar-refractivity contribution in [3.05, 3.63) is 42.4 Å². The van der Waals surface area contributed by atoms with E-state index in [1.54, 1.807) is 16.8 Å². The first-order chi connectivity index (χ1) is 13.5. The lowest BCUT2D eigenvalue weighted by atomic mass is 10.0. The van der Waals surface area contributed by atoms with Crippen molar-refractivity contribution in [2.45, 2.75) is 36.4 Å². The first kappa shape index (κ1) is 16.1. The number of hydrogen-bond donors (Lipinski definition) is 3. The Kier molecular flexibility index (Phi) is 2.95. The van der Waals surface area contributed by atoms with Crippen LogP contribution in [0.1, 0.15) is 18.2 Å². The summed E-state index contributed by atoms with van der Waals surface area (Å²) in [4.78, 5) is 8.26. The van der Waals surface area contributed by atoms with Gasteiger partial charge in [0.05, 0.1) is 11.5 Å². The molecule has 2 aliphatic heterocycles. The molecule has 1 saturated heterocycles. The lowest BCUT2D eigenvalue weighted by molar-refractivity contribution is -0.0785. The number of aliphatic hydroxyl groups is 2. The summed E-state index contributed by atoms with van der Waals surface area (Å²) in [5.74, 6) is 1.73. The van der Waals surface area contributed by atoms with Crippen molar-refractivity contribution < 1.29 is 24.4 Å². The quantitative estimate of drug-likeness (QED) is 0.606. The zero-order valence-corrected chi connectivity index (χ0v) is 14.8. The Morgan fingerprint density at radius 1 is 1.14 bits per heavy atom. The molecule has 1 aromatic carbocycles. The summed E-state index contributed by atoms with van der Waals surface area (Å²) in [6, 6.07) is 7.41. The number of fused-ring (bicyclic) bond motifs is 3. The molecule has 1 saturated carbocycles. The predicted octanol–water partition coefficient (Wildman–Crippen LogP) is 0.748. The molecule has 2 fully saturated rings. The van der Waals surface area contributed by atoms with Crippen molar-refractivity contribution in [2.24, 2.45) is 0 Å². The maximum atomic E-state index is 11.1. The SMILES string of the molecule is Nc1ncnc2c1ccn2[C@@H]1O[C@H](Cc2ccc3c(c2)OCO3)[C@]2(O)C[C@]12O. The van der Waals surface area contributed by atoms with E-state index in [0.29, 0.717) is 34.8 Å². The third-order valence-corrected chi connectivity index (χ3v) is 6.05. The Morgan fingerprint density at radius 3 is 2.89 bits per heavy atom. The average molecular weight is 382 g/mol. The second kappa shape index (κ2) is 5.13. The predicted molar refractivity (Wildman–Crippen MR) is 96.6 cm³/mol. The molecule has 28 heavy (non-hydrogen) atoms. The van der Waals surface area contributed by atoms with Gasteiger partial charge in [0.2, 0.25) is 6.79 Å². The van der Waals surface area contributed by atoms with Crippen molar-refractivity contribution in [1.29, 1.82) is 0 Å². The van der Waals surface area contributed by atoms with Gasteiger partial charge in [0.25, 0.3) is 0 Å². The summed E-state index contributed by atoms with van der Waals surface area (Å²) in [6.07, 6.45) is 2.46. The summed E-state index contributed by atoms with van der Waals surface area (Å²) < 4.78 is 18.6. The molecule has 4 heterocycles. The number of anilines is 1. The number of hydrogen-bond acceptors (Lipinski definition) is 8. The molecule has 0 radical (unpaired) electrons. The standard InChI is InChI=1S/C19H18N4O5/c20-15-11-3-4-23(16(11)22-8-21-15)17-19(25)7-18(19,24)14(28-17)6-10-1-2-12-13(5-10)27-9-26-12/h1-5,8,14,17,24-25H,6-7,9H2,(H2,20,21,22)/t14-,17-,18-,19+/m1/s1. The van der Waals surface area contributed by atoms with Crippen LogP contribution in [0.15, 0.2) is 36.8 Å². The number of nitrogen functional groups attached to an aromatic ring is 1. The van der Waals surface area contributed by atoms with E-state index in [2.05, 4.69) is 9.97 Å². The number of ether oxygens (including phenoxy) is 3. The van der Waals surface area contributed by atoms with Crippen LogP contribution >= 0.6 is 0 Å². The van der Waals surface area contributed by atoms with Crippen LogP contribution in [-0.4, -0.2) is 48.8 Å². The lowest BCUT2D eigenvalue weighted by Gasteiger charge is -2.22. The van der Waals surface area contributed by atoms with Gasteiger partial charge in [0.1, 0.15) is 29.0 Å². The molecule has 4 atom stereocenters. The molecule has 4 N–H and O–H groups in total. The first-order valence-electron chi connectivity index (χ1n) is 9.05. The molecule has 9 nitrogen and oxygen atoms in total. The second-order valence-corrected chi connectivity index (χ2v) is 7.61. The van der Waals surface area contributed by atoms with Crippen LogP contribution in [0.25, 0.3) is 11.0 Å². The molecule has 3 aromatic rings. The molecule has 144 valence electrons. The van der Waals surface area contributed by atoms with E-state index < -0.39 is 23.5 Å². The number of nitrogens with zero attached hydrogens (tertiary/aromatic N) is 3. The molecule has 2 aromatic heterocycles. The Balaban J connectivity index is 1.34. The van der Waals surface area contributed by atoms with Crippen LogP contribution < -0.4 is 15.2 Å². The summed E-state index contributed by atoms with van der Waals surface area (Å²) in [6.45, 7) is 0.205. The third kappa shape index (κ3) is 1.95. The molecular weight excluding hydrogens is 364 g/mol. The summed E-state index contributed by atoms with van der Waals surface area (Å²) in [7, 11) is 0. The molecule has 1 aliphatic carbocycles. The summed E-state index contributed by atoms with van der Waals surface area (Å²) in [5.41, 5.74) is 4.71. The van der Waals surface area contributed by atoms with Gasteiger partial charge in [-0.1, -0.05) is 6.07 Å². The molecule has 3 aliphatic rings. The monoisotopic (exact) mass is 382 g/mol. The van der Waals surface area contributed by atoms with Gasteiger partial charge in [-0.25, -0.2) is 9.97 Å². The molecule has 0 spiro atoms. The van der Waals surface area contributed by atoms with Gasteiger partial charge in [0.15, 0.2) is 17.7 Å². The van der Waals surface area contributed by atoms with Crippen LogP contribution in [0.2, 0.25) is 0 Å². The van der Waals surface area contributed by atoms with Gasteiger partial charge < -0.3 is 34.7 Å². The van der Waals surface area contributed by atoms with Crippen LogP contribution in [0.3, 0.4) is 0 Å². The minimum Gasteiger partial charge on any atom is -0.454 e. The number of aromatic nitrogens is 3. The van der Waals surface area contributed by atoms with E-state index in [9.17, 15) is 10.2 Å². The van der Waals surface area contributed by atoms with Crippen LogP contribution in [-0.2, 0) is 11.2 Å². The molecule has 0 amide bonds. The molecule has 0 unspecified atom stereocenters. The van der Waals surface area contributed by atoms with Gasteiger partial charge in [-0.05, 0) is 23.8 Å². The maximum absolute atomic E-state index is 11.1. The lowest BCUT2D eigenvalue weighted by Crippen LogP contribution is -2.32. The van der Waals surface area contributed by atoms with E-state index in [1.165, 1.54) is 6.33 Å². The summed E-state index contributed by atoms with van der Waals surface area (Å²) in [5, 5.41) is 22.8. The Hall–Kier alpha value is -2.88. The molecule has 6 rings (SSSR count). The van der Waals surface area contributed by atoms with E-state index in [0.717, 1.165) is 5.56 Å². The minimum absolute atomic E-state index is 0.205. The minimum atomic E-state index is -1.38. The van der Waals surface area contributed by atoms with E-state index in [-0.39, 0.29) is 13.2 Å². The Bertz CT molecular complexity index is 1120. The van der Waals surface area contributed by atoms with E-state index >= 15 is 0 Å². The van der Waals surface area contributed by atoms with E-state index in [4.69, 9.17) is 19.9 Å². The van der Waals surface area contributed by atoms with Gasteiger partial charge >= 0.3 is 0 Å². The highest BCUT2D eigenvalue weighted by atomic mass is 16.7. The maximum Gasteiger partial charge on any atom is 0.231 e. The van der Waals surface area contributed by atoms with Crippen LogP contribution in [0.5, 0.6) is 11.5 Å². The topological polar surface area (TPSA) is 125 Å². The average Bonchev–Trinajstić information content (AvgIpc) is 3.09. The van der Waals surface area contributed by atoms with E-state index in [1.807, 2.05) is 18.2 Å². The zero-order chi connectivity index (χ0) is 19.1. The van der Waals surface area contributed by atoms with Crippen molar-refractivity contribution >= 4 is 16.9 Å². The highest BCUT2D eigenvalue weighted by molar-refractivity contribution is 5.86. The van der Waals surface area contributed by atoms with Crippen molar-refractivity contribution in [2.75, 3.05) is 12.5 Å². The zero-order valence-electron chi connectivity index (χ0n) is 14.8. The second-order valence-electron chi connectivity index (χ2n) is 7.61. The Morgan fingerprint density at radius 2 is 2.00 bits per heavy atom. The molecule has 9 heteroatoms. The number of nitrogens with two attached hydrogens (primary N) is 1. The highest BCUT2D eigenvalue weighted by Crippen LogP contribution is 2.64. The van der Waals surface area contributed by atoms with Gasteiger partial charge in [-0.2, -0.15) is 0 Å². The normalized spacial score (nSPS) is 32.6. The fraction of sp³-hybridized carbons (Fsp3) is 0.368. The van der Waals surface area contributed by atoms with Crippen molar-refractivity contribution in [3.63, 3.8) is 0 Å². The van der Waals surface area contributed by atoms with Gasteiger partial charge in [-0.3, -0.25) is 0 Å². The molecule has 0 bridgehead atoms. The van der Waals surface area contributed by atoms with Crippen LogP contribution in [0.4, 0.5) is 5.82 Å². The number of benzene rings is 1. The third-order valence-electron chi connectivity index (χ3n) is 6.05. The fourth-order valence-electron chi connectivity index (χ4n) is 4.42. The van der Waals surface area contributed by atoms with Crippen LogP contribution in [0, 0.1) is 0 Å². The highest BCUT2D eigenvalue weighted by Gasteiger charge is 2.80.